The number of aliphatic carboxylic acids is 1. The fraction of sp³-hybridized carbons (Fsp3) is 0.865. The highest BCUT2D eigenvalue weighted by Crippen LogP contribution is 2.24. The maximum absolute atomic E-state index is 13.3. The smallest absolute Gasteiger partial charge is 0.305 e. The summed E-state index contributed by atoms with van der Waals surface area (Å²) in [4.78, 5) is 62.0. The van der Waals surface area contributed by atoms with Gasteiger partial charge in [-0.1, -0.05) is 96.8 Å². The molecule has 1 fully saturated rings. The second-order valence-electron chi connectivity index (χ2n) is 14.2. The van der Waals surface area contributed by atoms with Crippen molar-refractivity contribution in [3.8, 4) is 0 Å². The number of carbonyl (C=O) groups excluding carboxylic acids is 4. The average Bonchev–Trinajstić information content (AvgIpc) is 3.08. The fourth-order valence-electron chi connectivity index (χ4n) is 6.44. The Morgan fingerprint density at radius 3 is 1.85 bits per heavy atom. The molecule has 1 heterocycles. The van der Waals surface area contributed by atoms with E-state index in [2.05, 4.69) is 12.2 Å². The van der Waals surface area contributed by atoms with Gasteiger partial charge in [-0.2, -0.15) is 0 Å². The van der Waals surface area contributed by atoms with Gasteiger partial charge in [0.05, 0.1) is 12.1 Å². The van der Waals surface area contributed by atoms with E-state index in [1.165, 1.54) is 91.4 Å². The van der Waals surface area contributed by atoms with E-state index in [4.69, 9.17) is 30.8 Å². The van der Waals surface area contributed by atoms with Gasteiger partial charge in [0, 0.05) is 26.3 Å². The molecule has 1 aliphatic heterocycles. The van der Waals surface area contributed by atoms with Gasteiger partial charge in [0.1, 0.15) is 37.0 Å². The number of unbranched alkanes of at least 4 members (excludes halogenated alkanes) is 14. The van der Waals surface area contributed by atoms with E-state index in [1.807, 2.05) is 0 Å². The molecule has 1 unspecified atom stereocenters. The second kappa shape index (κ2) is 26.8. The standard InChI is InChI=1S/C37H68N4O11/c1-5-6-7-8-9-10-11-12-13-14-15-16-17-18-19-20-31(45)50-24-29-33(46)34(32(38)37(49)52-29)51-25(2)23-41(36(48)26(3)40-27(4)42)28(35(39)47)21-22-30(43)44/h25-26,28-29,32-34,37,46,49H,5-24,38H2,1-4H3,(H2,39,47)(H,40,42)(H,43,44)/t25?,26-,28+,29+,32+,33+,34+,37-/m0/s1. The number of hydrogen-bond acceptors (Lipinski definition) is 11. The van der Waals surface area contributed by atoms with Gasteiger partial charge < -0.3 is 51.2 Å². The molecule has 1 saturated heterocycles. The number of hydrogen-bond donors (Lipinski definition) is 6. The zero-order valence-electron chi connectivity index (χ0n) is 32.0. The van der Waals surface area contributed by atoms with Crippen LogP contribution in [0.1, 0.15) is 143 Å². The zero-order chi connectivity index (χ0) is 39.1. The number of rotatable bonds is 29. The number of esters is 1. The molecule has 15 nitrogen and oxygen atoms in total. The molecule has 0 aliphatic carbocycles. The van der Waals surface area contributed by atoms with Crippen molar-refractivity contribution in [2.45, 2.75) is 192 Å². The number of nitrogens with two attached hydrogens (primary N) is 2. The highest BCUT2D eigenvalue weighted by Gasteiger charge is 2.45. The molecule has 3 amide bonds. The molecule has 8 N–H and O–H groups in total. The van der Waals surface area contributed by atoms with Crippen LogP contribution in [-0.2, 0) is 38.2 Å². The number of carboxylic acid groups (broad SMARTS) is 1. The molecule has 1 rings (SSSR count). The van der Waals surface area contributed by atoms with Gasteiger partial charge in [-0.3, -0.25) is 24.0 Å². The maximum atomic E-state index is 13.3. The summed E-state index contributed by atoms with van der Waals surface area (Å²) in [6.07, 6.45) is 11.3. The lowest BCUT2D eigenvalue weighted by molar-refractivity contribution is -0.264. The molecule has 0 bridgehead atoms. The minimum Gasteiger partial charge on any atom is -0.481 e. The van der Waals surface area contributed by atoms with Gasteiger partial charge in [0.15, 0.2) is 6.29 Å². The third-order valence-corrected chi connectivity index (χ3v) is 9.39. The summed E-state index contributed by atoms with van der Waals surface area (Å²) in [5, 5.41) is 33.1. The normalized spacial score (nSPS) is 21.9. The molecule has 8 atom stereocenters. The molecule has 1 aliphatic rings. The highest BCUT2D eigenvalue weighted by atomic mass is 16.6. The van der Waals surface area contributed by atoms with E-state index >= 15 is 0 Å². The van der Waals surface area contributed by atoms with Crippen molar-refractivity contribution in [1.82, 2.24) is 10.2 Å². The Balaban J connectivity index is 2.57. The Labute approximate surface area is 309 Å². The number of carboxylic acids is 1. The quantitative estimate of drug-likeness (QED) is 0.0479. The molecular formula is C37H68N4O11. The lowest BCUT2D eigenvalue weighted by atomic mass is 9.97. The van der Waals surface area contributed by atoms with Crippen molar-refractivity contribution in [1.29, 1.82) is 0 Å². The first kappa shape index (κ1) is 47.2. The molecule has 0 aromatic carbocycles. The molecule has 0 spiro atoms. The number of ether oxygens (including phenoxy) is 3. The number of nitrogens with one attached hydrogen (secondary N) is 1. The minimum absolute atomic E-state index is 0.212. The first-order valence-electron chi connectivity index (χ1n) is 19.4. The van der Waals surface area contributed by atoms with Crippen LogP contribution in [0.3, 0.4) is 0 Å². The van der Waals surface area contributed by atoms with Crippen LogP contribution in [0, 0.1) is 0 Å². The summed E-state index contributed by atoms with van der Waals surface area (Å²) in [6.45, 7) is 5.72. The zero-order valence-corrected chi connectivity index (χ0v) is 32.0. The summed E-state index contributed by atoms with van der Waals surface area (Å²) >= 11 is 0. The third kappa shape index (κ3) is 19.3. The van der Waals surface area contributed by atoms with Crippen LogP contribution in [0.5, 0.6) is 0 Å². The number of aliphatic hydroxyl groups excluding tert-OH is 2. The topological polar surface area (TPSA) is 241 Å². The Hall–Kier alpha value is -2.85. The van der Waals surface area contributed by atoms with Crippen molar-refractivity contribution in [3.63, 3.8) is 0 Å². The van der Waals surface area contributed by atoms with Crippen LogP contribution in [0.15, 0.2) is 0 Å². The Kier molecular flexibility index (Phi) is 24.3. The van der Waals surface area contributed by atoms with Crippen molar-refractivity contribution in [3.05, 3.63) is 0 Å². The summed E-state index contributed by atoms with van der Waals surface area (Å²) in [5.74, 6) is -3.83. The summed E-state index contributed by atoms with van der Waals surface area (Å²) in [6, 6.07) is -3.66. The van der Waals surface area contributed by atoms with Crippen molar-refractivity contribution >= 4 is 29.7 Å². The second-order valence-corrected chi connectivity index (χ2v) is 14.2. The van der Waals surface area contributed by atoms with Gasteiger partial charge in [-0.15, -0.1) is 0 Å². The van der Waals surface area contributed by atoms with Gasteiger partial charge >= 0.3 is 11.9 Å². The van der Waals surface area contributed by atoms with Crippen LogP contribution < -0.4 is 16.8 Å². The van der Waals surface area contributed by atoms with E-state index < -0.39 is 84.9 Å². The summed E-state index contributed by atoms with van der Waals surface area (Å²) < 4.78 is 16.7. The molecule has 15 heteroatoms. The van der Waals surface area contributed by atoms with E-state index in [-0.39, 0.29) is 26.0 Å². The third-order valence-electron chi connectivity index (χ3n) is 9.39. The lowest BCUT2D eigenvalue weighted by Gasteiger charge is -2.42. The van der Waals surface area contributed by atoms with Gasteiger partial charge in [0.25, 0.3) is 0 Å². The molecule has 0 radical (unpaired) electrons. The van der Waals surface area contributed by atoms with E-state index in [0.29, 0.717) is 6.42 Å². The van der Waals surface area contributed by atoms with Crippen LogP contribution >= 0.6 is 0 Å². The minimum atomic E-state index is -1.58. The fourth-order valence-corrected chi connectivity index (χ4v) is 6.44. The monoisotopic (exact) mass is 744 g/mol. The lowest BCUT2D eigenvalue weighted by Crippen LogP contribution is -2.64. The molecule has 0 aromatic rings. The van der Waals surface area contributed by atoms with E-state index in [1.54, 1.807) is 0 Å². The molecule has 52 heavy (non-hydrogen) atoms. The van der Waals surface area contributed by atoms with Crippen LogP contribution in [0.2, 0.25) is 0 Å². The molecule has 0 aromatic heterocycles. The predicted molar refractivity (Wildman–Crippen MR) is 195 cm³/mol. The first-order chi connectivity index (χ1) is 24.7. The van der Waals surface area contributed by atoms with E-state index in [9.17, 15) is 34.2 Å². The SMILES string of the molecule is CCCCCCCCCCCCCCCCCC(=O)OC[C@H]1O[C@H](O)[C@H](N)[C@@H](OC(C)CN(C(=O)[C@H](C)NC(C)=O)[C@H](CCC(=O)O)C(N)=O)[C@@H]1O. The highest BCUT2D eigenvalue weighted by molar-refractivity contribution is 5.91. The number of amides is 3. The van der Waals surface area contributed by atoms with Gasteiger partial charge in [-0.05, 0) is 26.7 Å². The van der Waals surface area contributed by atoms with Crippen LogP contribution in [0.25, 0.3) is 0 Å². The largest absolute Gasteiger partial charge is 0.481 e. The number of aliphatic hydroxyl groups is 2. The Morgan fingerprint density at radius 2 is 1.37 bits per heavy atom. The number of carbonyl (C=O) groups is 5. The Morgan fingerprint density at radius 1 is 0.846 bits per heavy atom. The maximum Gasteiger partial charge on any atom is 0.305 e. The predicted octanol–water partition coefficient (Wildman–Crippen LogP) is 3.04. The van der Waals surface area contributed by atoms with Crippen LogP contribution in [0.4, 0.5) is 0 Å². The Bertz CT molecular complexity index is 1060. The number of primary amides is 1. The van der Waals surface area contributed by atoms with Gasteiger partial charge in [0.2, 0.25) is 17.7 Å². The van der Waals surface area contributed by atoms with Crippen molar-refractivity contribution < 1.29 is 53.5 Å². The first-order valence-corrected chi connectivity index (χ1v) is 19.4. The van der Waals surface area contributed by atoms with Crippen molar-refractivity contribution in [2.24, 2.45) is 11.5 Å². The summed E-state index contributed by atoms with van der Waals surface area (Å²) in [5.41, 5.74) is 11.6. The molecule has 302 valence electrons. The van der Waals surface area contributed by atoms with Gasteiger partial charge in [-0.25, -0.2) is 0 Å². The molecule has 0 saturated carbocycles. The van der Waals surface area contributed by atoms with Crippen LogP contribution in [-0.4, -0.2) is 112 Å². The number of nitrogens with zero attached hydrogens (tertiary/aromatic N) is 1. The summed E-state index contributed by atoms with van der Waals surface area (Å²) in [7, 11) is 0. The molecular weight excluding hydrogens is 676 g/mol. The van der Waals surface area contributed by atoms with E-state index in [0.717, 1.165) is 24.2 Å². The van der Waals surface area contributed by atoms with Crippen molar-refractivity contribution in [2.75, 3.05) is 13.2 Å². The average molecular weight is 745 g/mol.